The van der Waals surface area contributed by atoms with Gasteiger partial charge in [0.15, 0.2) is 0 Å². The van der Waals surface area contributed by atoms with Gasteiger partial charge in [-0.25, -0.2) is 9.97 Å². The lowest BCUT2D eigenvalue weighted by atomic mass is 10.4. The molecule has 0 spiro atoms. The average Bonchev–Trinajstić information content (AvgIpc) is 2.72. The van der Waals surface area contributed by atoms with E-state index < -0.39 is 0 Å². The van der Waals surface area contributed by atoms with Gasteiger partial charge in [0.2, 0.25) is 5.88 Å². The van der Waals surface area contributed by atoms with Gasteiger partial charge in [-0.2, -0.15) is 0 Å². The van der Waals surface area contributed by atoms with Gasteiger partial charge in [-0.3, -0.25) is 0 Å². The molecule has 0 fully saturated rings. The van der Waals surface area contributed by atoms with Crippen LogP contribution in [-0.4, -0.2) is 16.1 Å². The van der Waals surface area contributed by atoms with Crippen molar-refractivity contribution in [3.8, 4) is 5.88 Å². The number of rotatable bonds is 5. The van der Waals surface area contributed by atoms with E-state index in [0.29, 0.717) is 5.88 Å². The molecule has 2 aromatic rings. The molecule has 6 heteroatoms. The molecule has 18 heavy (non-hydrogen) atoms. The van der Waals surface area contributed by atoms with Crippen molar-refractivity contribution in [3.63, 3.8) is 0 Å². The van der Waals surface area contributed by atoms with Crippen molar-refractivity contribution >= 4 is 33.1 Å². The summed E-state index contributed by atoms with van der Waals surface area (Å²) in [6, 6.07) is 5.92. The zero-order valence-corrected chi connectivity index (χ0v) is 12.6. The Balaban J connectivity index is 1.96. The first-order chi connectivity index (χ1) is 8.63. The van der Waals surface area contributed by atoms with Gasteiger partial charge in [0.1, 0.15) is 12.1 Å². The largest absolute Gasteiger partial charge is 0.475 e. The summed E-state index contributed by atoms with van der Waals surface area (Å²) in [5.41, 5.74) is 0. The molecule has 0 atom stereocenters. The highest BCUT2D eigenvalue weighted by atomic mass is 79.9. The minimum atomic E-state index is 0.112. The van der Waals surface area contributed by atoms with Crippen molar-refractivity contribution in [3.05, 3.63) is 33.2 Å². The van der Waals surface area contributed by atoms with Crippen molar-refractivity contribution in [1.29, 1.82) is 0 Å². The average molecular weight is 328 g/mol. The molecule has 0 aliphatic rings. The maximum Gasteiger partial charge on any atom is 0.218 e. The number of ether oxygens (including phenoxy) is 1. The highest BCUT2D eigenvalue weighted by Gasteiger charge is 2.03. The van der Waals surface area contributed by atoms with Crippen LogP contribution in [0.1, 0.15) is 18.7 Å². The number of nitrogens with one attached hydrogen (secondary N) is 1. The number of nitrogens with zero attached hydrogens (tertiary/aromatic N) is 2. The lowest BCUT2D eigenvalue weighted by Crippen LogP contribution is -2.08. The van der Waals surface area contributed by atoms with Crippen molar-refractivity contribution < 1.29 is 4.74 Å². The van der Waals surface area contributed by atoms with Gasteiger partial charge in [0.25, 0.3) is 0 Å². The zero-order valence-electron chi connectivity index (χ0n) is 10.2. The quantitative estimate of drug-likeness (QED) is 0.909. The number of hydrogen-bond acceptors (Lipinski definition) is 5. The molecule has 2 rings (SSSR count). The minimum Gasteiger partial charge on any atom is -0.475 e. The lowest BCUT2D eigenvalue weighted by molar-refractivity contribution is 0.232. The second kappa shape index (κ2) is 6.15. The highest BCUT2D eigenvalue weighted by molar-refractivity contribution is 9.11. The van der Waals surface area contributed by atoms with Crippen LogP contribution >= 0.6 is 27.3 Å². The standard InChI is InChI=1S/C12H14BrN3OS/c1-8(2)17-12-5-11(15-7-16-12)14-6-9-3-4-10(13)18-9/h3-5,7-8H,6H2,1-2H3,(H,14,15,16). The highest BCUT2D eigenvalue weighted by Crippen LogP contribution is 2.23. The third-order valence-corrected chi connectivity index (χ3v) is 3.69. The van der Waals surface area contributed by atoms with Crippen LogP contribution < -0.4 is 10.1 Å². The summed E-state index contributed by atoms with van der Waals surface area (Å²) in [6.07, 6.45) is 1.62. The van der Waals surface area contributed by atoms with Crippen molar-refractivity contribution in [2.24, 2.45) is 0 Å². The van der Waals surface area contributed by atoms with E-state index >= 15 is 0 Å². The predicted octanol–water partition coefficient (Wildman–Crippen LogP) is 3.70. The number of anilines is 1. The summed E-state index contributed by atoms with van der Waals surface area (Å²) in [7, 11) is 0. The normalized spacial score (nSPS) is 10.7. The Morgan fingerprint density at radius 3 is 2.89 bits per heavy atom. The predicted molar refractivity (Wildman–Crippen MR) is 77.1 cm³/mol. The van der Waals surface area contributed by atoms with Gasteiger partial charge in [-0.1, -0.05) is 0 Å². The summed E-state index contributed by atoms with van der Waals surface area (Å²) in [5.74, 6) is 1.36. The maximum atomic E-state index is 5.51. The minimum absolute atomic E-state index is 0.112. The Morgan fingerprint density at radius 1 is 1.39 bits per heavy atom. The summed E-state index contributed by atoms with van der Waals surface area (Å²) >= 11 is 5.14. The topological polar surface area (TPSA) is 47.0 Å². The molecule has 0 unspecified atom stereocenters. The van der Waals surface area contributed by atoms with Gasteiger partial charge in [-0.15, -0.1) is 11.3 Å². The fraction of sp³-hybridized carbons (Fsp3) is 0.333. The van der Waals surface area contributed by atoms with Crippen molar-refractivity contribution in [1.82, 2.24) is 9.97 Å². The Labute approximate surface area is 119 Å². The molecule has 0 aliphatic carbocycles. The first-order valence-corrected chi connectivity index (χ1v) is 7.21. The fourth-order valence-electron chi connectivity index (χ4n) is 1.37. The van der Waals surface area contributed by atoms with Crippen LogP contribution in [0.2, 0.25) is 0 Å². The van der Waals surface area contributed by atoms with Crippen LogP contribution in [0.15, 0.2) is 28.3 Å². The van der Waals surface area contributed by atoms with E-state index in [1.165, 1.54) is 11.2 Å². The molecule has 0 saturated heterocycles. The monoisotopic (exact) mass is 327 g/mol. The summed E-state index contributed by atoms with van der Waals surface area (Å²) in [5, 5.41) is 3.25. The smallest absolute Gasteiger partial charge is 0.218 e. The van der Waals surface area contributed by atoms with Gasteiger partial charge >= 0.3 is 0 Å². The molecule has 0 aliphatic heterocycles. The second-order valence-corrected chi connectivity index (χ2v) is 6.52. The molecule has 2 heterocycles. The molecule has 1 N–H and O–H groups in total. The molecular weight excluding hydrogens is 314 g/mol. The van der Waals surface area contributed by atoms with Gasteiger partial charge in [0.05, 0.1) is 16.4 Å². The number of hydrogen-bond donors (Lipinski definition) is 1. The Morgan fingerprint density at radius 2 is 2.22 bits per heavy atom. The fourth-order valence-corrected chi connectivity index (χ4v) is 2.79. The molecular formula is C12H14BrN3OS. The van der Waals surface area contributed by atoms with E-state index in [2.05, 4.69) is 37.3 Å². The van der Waals surface area contributed by atoms with E-state index in [1.807, 2.05) is 26.0 Å². The molecule has 0 saturated carbocycles. The molecule has 4 nitrogen and oxygen atoms in total. The van der Waals surface area contributed by atoms with E-state index in [-0.39, 0.29) is 6.10 Å². The first kappa shape index (κ1) is 13.3. The summed E-state index contributed by atoms with van der Waals surface area (Å²) < 4.78 is 6.65. The molecule has 0 bridgehead atoms. The number of aromatic nitrogens is 2. The van der Waals surface area contributed by atoms with E-state index in [0.717, 1.165) is 16.1 Å². The van der Waals surface area contributed by atoms with E-state index in [1.54, 1.807) is 11.3 Å². The Bertz CT molecular complexity index is 516. The van der Waals surface area contributed by atoms with Crippen LogP contribution in [0.4, 0.5) is 5.82 Å². The molecule has 0 radical (unpaired) electrons. The molecule has 2 aromatic heterocycles. The SMILES string of the molecule is CC(C)Oc1cc(NCc2ccc(Br)s2)ncn1. The lowest BCUT2D eigenvalue weighted by Gasteiger charge is -2.09. The molecule has 96 valence electrons. The van der Waals surface area contributed by atoms with Crippen molar-refractivity contribution in [2.45, 2.75) is 26.5 Å². The van der Waals surface area contributed by atoms with Crippen LogP contribution in [0.3, 0.4) is 0 Å². The van der Waals surface area contributed by atoms with Crippen molar-refractivity contribution in [2.75, 3.05) is 5.32 Å². The number of thiophene rings is 1. The molecule has 0 amide bonds. The van der Waals surface area contributed by atoms with Gasteiger partial charge in [-0.05, 0) is 41.9 Å². The van der Waals surface area contributed by atoms with Crippen LogP contribution in [0, 0.1) is 0 Å². The first-order valence-electron chi connectivity index (χ1n) is 5.60. The number of halogens is 1. The van der Waals surface area contributed by atoms with E-state index in [9.17, 15) is 0 Å². The zero-order chi connectivity index (χ0) is 13.0. The Kier molecular flexibility index (Phi) is 4.54. The summed E-state index contributed by atoms with van der Waals surface area (Å²) in [6.45, 7) is 4.69. The Hall–Kier alpha value is -1.14. The molecule has 0 aromatic carbocycles. The van der Waals surface area contributed by atoms with Crippen LogP contribution in [0.5, 0.6) is 5.88 Å². The second-order valence-electron chi connectivity index (χ2n) is 3.97. The van der Waals surface area contributed by atoms with E-state index in [4.69, 9.17) is 4.74 Å². The summed E-state index contributed by atoms with van der Waals surface area (Å²) in [4.78, 5) is 9.46. The third kappa shape index (κ3) is 3.96. The maximum absolute atomic E-state index is 5.51. The van der Waals surface area contributed by atoms with Gasteiger partial charge < -0.3 is 10.1 Å². The van der Waals surface area contributed by atoms with Crippen LogP contribution in [0.25, 0.3) is 0 Å². The third-order valence-electron chi connectivity index (χ3n) is 2.07. The van der Waals surface area contributed by atoms with Crippen LogP contribution in [-0.2, 0) is 6.54 Å². The van der Waals surface area contributed by atoms with Gasteiger partial charge in [0, 0.05) is 10.9 Å².